The van der Waals surface area contributed by atoms with Gasteiger partial charge in [-0.05, 0) is 34.1 Å². The molecule has 1 saturated heterocycles. The van der Waals surface area contributed by atoms with E-state index in [-0.39, 0.29) is 11.8 Å². The summed E-state index contributed by atoms with van der Waals surface area (Å²) in [7, 11) is 0. The van der Waals surface area contributed by atoms with E-state index < -0.39 is 0 Å². The number of amides is 2. The number of benzene rings is 1. The monoisotopic (exact) mass is 330 g/mol. The Morgan fingerprint density at radius 1 is 1.39 bits per heavy atom. The summed E-state index contributed by atoms with van der Waals surface area (Å²) in [6, 6.07) is 5.10. The van der Waals surface area contributed by atoms with Crippen molar-refractivity contribution in [2.24, 2.45) is 0 Å². The molecular formula is C12H12BrClN2O2. The van der Waals surface area contributed by atoms with Gasteiger partial charge in [0.05, 0.1) is 5.02 Å². The van der Waals surface area contributed by atoms with E-state index in [1.54, 1.807) is 23.1 Å². The Hall–Kier alpha value is -1.07. The van der Waals surface area contributed by atoms with Crippen LogP contribution in [0.2, 0.25) is 5.02 Å². The highest BCUT2D eigenvalue weighted by molar-refractivity contribution is 9.10. The molecule has 6 heteroatoms. The summed E-state index contributed by atoms with van der Waals surface area (Å²) in [6.07, 6.45) is 0.343. The summed E-state index contributed by atoms with van der Waals surface area (Å²) >= 11 is 9.25. The quantitative estimate of drug-likeness (QED) is 0.856. The van der Waals surface area contributed by atoms with Crippen LogP contribution in [0.5, 0.6) is 0 Å². The van der Waals surface area contributed by atoms with E-state index >= 15 is 0 Å². The van der Waals surface area contributed by atoms with Crippen LogP contribution >= 0.6 is 27.5 Å². The molecule has 2 rings (SSSR count). The van der Waals surface area contributed by atoms with Crippen molar-refractivity contribution in [3.05, 3.63) is 33.3 Å². The topological polar surface area (TPSA) is 49.4 Å². The molecule has 1 heterocycles. The Bertz CT molecular complexity index is 493. The molecule has 0 aliphatic carbocycles. The Labute approximate surface area is 118 Å². The van der Waals surface area contributed by atoms with E-state index in [1.165, 1.54) is 0 Å². The van der Waals surface area contributed by atoms with Gasteiger partial charge in [-0.3, -0.25) is 9.59 Å². The van der Waals surface area contributed by atoms with Crippen molar-refractivity contribution in [3.63, 3.8) is 0 Å². The minimum absolute atomic E-state index is 0.0147. The predicted octanol–water partition coefficient (Wildman–Crippen LogP) is 2.06. The second kappa shape index (κ2) is 5.71. The third-order valence-electron chi connectivity index (χ3n) is 2.77. The molecule has 0 atom stereocenters. The summed E-state index contributed by atoms with van der Waals surface area (Å²) in [5.41, 5.74) is 0.539. The maximum Gasteiger partial charge on any atom is 0.253 e. The number of carbonyl (C=O) groups excluding carboxylic acids is 2. The molecular weight excluding hydrogens is 320 g/mol. The van der Waals surface area contributed by atoms with Gasteiger partial charge in [0.25, 0.3) is 5.91 Å². The van der Waals surface area contributed by atoms with Gasteiger partial charge in [-0.15, -0.1) is 0 Å². The van der Waals surface area contributed by atoms with Crippen LogP contribution in [0.3, 0.4) is 0 Å². The Morgan fingerprint density at radius 2 is 2.17 bits per heavy atom. The molecule has 1 aliphatic heterocycles. The van der Waals surface area contributed by atoms with Gasteiger partial charge >= 0.3 is 0 Å². The fourth-order valence-electron chi connectivity index (χ4n) is 1.78. The molecule has 0 aromatic heterocycles. The molecule has 96 valence electrons. The highest BCUT2D eigenvalue weighted by Crippen LogP contribution is 2.23. The van der Waals surface area contributed by atoms with E-state index in [4.69, 9.17) is 11.6 Å². The first-order valence-corrected chi connectivity index (χ1v) is 6.76. The zero-order valence-corrected chi connectivity index (χ0v) is 11.9. The number of hydrogen-bond acceptors (Lipinski definition) is 2. The summed E-state index contributed by atoms with van der Waals surface area (Å²) in [4.78, 5) is 25.1. The summed E-state index contributed by atoms with van der Waals surface area (Å²) < 4.78 is 0.758. The molecule has 18 heavy (non-hydrogen) atoms. The van der Waals surface area contributed by atoms with Crippen LogP contribution < -0.4 is 5.32 Å². The van der Waals surface area contributed by atoms with Gasteiger partial charge < -0.3 is 10.2 Å². The number of hydrogen-bond donors (Lipinski definition) is 1. The number of nitrogens with zero attached hydrogens (tertiary/aromatic N) is 1. The molecule has 1 N–H and O–H groups in total. The molecule has 0 spiro atoms. The molecule has 0 bridgehead atoms. The molecule has 1 aromatic rings. The maximum atomic E-state index is 12.2. The number of halogens is 2. The average Bonchev–Trinajstić information content (AvgIpc) is 2.57. The third kappa shape index (κ3) is 3.03. The highest BCUT2D eigenvalue weighted by atomic mass is 79.9. The second-order valence-electron chi connectivity index (χ2n) is 4.02. The van der Waals surface area contributed by atoms with Crippen molar-refractivity contribution in [2.75, 3.05) is 19.6 Å². The lowest BCUT2D eigenvalue weighted by Crippen LogP contribution is -2.34. The van der Waals surface area contributed by atoms with Crippen LogP contribution in [0.1, 0.15) is 16.8 Å². The molecule has 0 saturated carbocycles. The van der Waals surface area contributed by atoms with Crippen molar-refractivity contribution in [1.82, 2.24) is 10.2 Å². The van der Waals surface area contributed by atoms with Crippen molar-refractivity contribution in [1.29, 1.82) is 0 Å². The zero-order chi connectivity index (χ0) is 13.1. The fourth-order valence-corrected chi connectivity index (χ4v) is 2.21. The first-order chi connectivity index (χ1) is 8.58. The minimum Gasteiger partial charge on any atom is -0.354 e. The SMILES string of the molecule is O=C1CCN(C(=O)c2ccc(Br)c(Cl)c2)CCN1. The first kappa shape index (κ1) is 13.4. The summed E-state index contributed by atoms with van der Waals surface area (Å²) in [5.74, 6) is -0.111. The zero-order valence-electron chi connectivity index (χ0n) is 9.58. The van der Waals surface area contributed by atoms with Gasteiger partial charge in [-0.2, -0.15) is 0 Å². The van der Waals surface area contributed by atoms with E-state index in [2.05, 4.69) is 21.2 Å². The van der Waals surface area contributed by atoms with Crippen LogP contribution in [0.15, 0.2) is 22.7 Å². The van der Waals surface area contributed by atoms with Crippen LogP contribution in [-0.4, -0.2) is 36.3 Å². The van der Waals surface area contributed by atoms with Crippen molar-refractivity contribution in [2.45, 2.75) is 6.42 Å². The number of carbonyl (C=O) groups is 2. The Kier molecular flexibility index (Phi) is 4.24. The van der Waals surface area contributed by atoms with Gasteiger partial charge in [0, 0.05) is 36.1 Å². The molecule has 4 nitrogen and oxygen atoms in total. The maximum absolute atomic E-state index is 12.2. The second-order valence-corrected chi connectivity index (χ2v) is 5.28. The minimum atomic E-state index is -0.0964. The summed E-state index contributed by atoms with van der Waals surface area (Å²) in [5, 5.41) is 3.24. The number of nitrogens with one attached hydrogen (secondary N) is 1. The first-order valence-electron chi connectivity index (χ1n) is 5.59. The molecule has 1 aliphatic rings. The lowest BCUT2D eigenvalue weighted by atomic mass is 10.2. The van der Waals surface area contributed by atoms with E-state index in [0.717, 1.165) is 4.47 Å². The van der Waals surface area contributed by atoms with Crippen LogP contribution in [0.4, 0.5) is 0 Å². The lowest BCUT2D eigenvalue weighted by molar-refractivity contribution is -0.120. The number of rotatable bonds is 1. The standard InChI is InChI=1S/C12H12BrClN2O2/c13-9-2-1-8(7-10(9)14)12(18)16-5-3-11(17)15-4-6-16/h1-2,7H,3-6H2,(H,15,17). The van der Waals surface area contributed by atoms with Gasteiger partial charge in [0.1, 0.15) is 0 Å². The molecule has 0 radical (unpaired) electrons. The van der Waals surface area contributed by atoms with Crippen molar-refractivity contribution >= 4 is 39.3 Å². The van der Waals surface area contributed by atoms with Gasteiger partial charge in [0.2, 0.25) is 5.91 Å². The lowest BCUT2D eigenvalue weighted by Gasteiger charge is -2.19. The molecule has 1 aromatic carbocycles. The van der Waals surface area contributed by atoms with Gasteiger partial charge in [-0.1, -0.05) is 11.6 Å². The predicted molar refractivity (Wildman–Crippen MR) is 72.7 cm³/mol. The Morgan fingerprint density at radius 3 is 2.89 bits per heavy atom. The molecule has 0 unspecified atom stereocenters. The van der Waals surface area contributed by atoms with Crippen molar-refractivity contribution < 1.29 is 9.59 Å². The van der Waals surface area contributed by atoms with Gasteiger partial charge in [0.15, 0.2) is 0 Å². The van der Waals surface area contributed by atoms with E-state index in [1.807, 2.05) is 0 Å². The van der Waals surface area contributed by atoms with Crippen LogP contribution in [0.25, 0.3) is 0 Å². The molecule has 2 amide bonds. The average molecular weight is 332 g/mol. The normalized spacial score (nSPS) is 16.1. The smallest absolute Gasteiger partial charge is 0.253 e. The van der Waals surface area contributed by atoms with Crippen LogP contribution in [0, 0.1) is 0 Å². The fraction of sp³-hybridized carbons (Fsp3) is 0.333. The van der Waals surface area contributed by atoms with Gasteiger partial charge in [-0.25, -0.2) is 0 Å². The highest BCUT2D eigenvalue weighted by Gasteiger charge is 2.20. The van der Waals surface area contributed by atoms with Crippen LogP contribution in [-0.2, 0) is 4.79 Å². The molecule has 1 fully saturated rings. The van der Waals surface area contributed by atoms with Crippen molar-refractivity contribution in [3.8, 4) is 0 Å². The van der Waals surface area contributed by atoms with E-state index in [0.29, 0.717) is 36.6 Å². The third-order valence-corrected chi connectivity index (χ3v) is 4.00. The van der Waals surface area contributed by atoms with E-state index in [9.17, 15) is 9.59 Å². The largest absolute Gasteiger partial charge is 0.354 e. The Balaban J connectivity index is 2.14. The summed E-state index contributed by atoms with van der Waals surface area (Å²) in [6.45, 7) is 1.46.